The van der Waals surface area contributed by atoms with Gasteiger partial charge < -0.3 is 24.0 Å². The molecule has 4 aromatic heterocycles. The molecule has 0 saturated heterocycles. The molecule has 0 bridgehead atoms. The molecule has 1 N–H and O–H groups in total. The molecule has 0 aliphatic heterocycles. The van der Waals surface area contributed by atoms with Gasteiger partial charge in [0.1, 0.15) is 29.7 Å². The molecule has 1 aliphatic carbocycles. The molecule has 3 unspecified atom stereocenters. The molecule has 0 radical (unpaired) electrons. The van der Waals surface area contributed by atoms with E-state index in [4.69, 9.17) is 28.7 Å². The van der Waals surface area contributed by atoms with Gasteiger partial charge in [0.15, 0.2) is 14.1 Å². The van der Waals surface area contributed by atoms with Crippen molar-refractivity contribution in [1.82, 2.24) is 34.1 Å². The number of rotatable bonds is 18. The lowest BCUT2D eigenvalue weighted by molar-refractivity contribution is 0.0703. The Morgan fingerprint density at radius 2 is 1.83 bits per heavy atom. The summed E-state index contributed by atoms with van der Waals surface area (Å²) in [4.78, 5) is 27.1. The number of hydrogen-bond acceptors (Lipinski definition) is 11. The Labute approximate surface area is 321 Å². The van der Waals surface area contributed by atoms with Crippen molar-refractivity contribution in [3.63, 3.8) is 0 Å². The average Bonchev–Trinajstić information content (AvgIpc) is 3.69. The van der Waals surface area contributed by atoms with Crippen molar-refractivity contribution in [3.8, 4) is 40.2 Å². The molecule has 4 aromatic rings. The highest BCUT2D eigenvalue weighted by atomic mass is 28.4. The molecule has 0 aromatic carbocycles. The van der Waals surface area contributed by atoms with E-state index in [0.717, 1.165) is 18.0 Å². The maximum Gasteiger partial charge on any atom is 0.277 e. The first kappa shape index (κ1) is 40.9. The lowest BCUT2D eigenvalue weighted by atomic mass is 10.1. The van der Waals surface area contributed by atoms with Gasteiger partial charge in [0, 0.05) is 71.2 Å². The third-order valence-electron chi connectivity index (χ3n) is 10.1. The molecule has 14 nitrogen and oxygen atoms in total. The molecule has 0 spiro atoms. The van der Waals surface area contributed by atoms with Crippen molar-refractivity contribution in [2.24, 2.45) is 13.0 Å². The Morgan fingerprint density at radius 1 is 1.07 bits per heavy atom. The van der Waals surface area contributed by atoms with E-state index in [9.17, 15) is 10.1 Å². The fourth-order valence-corrected chi connectivity index (χ4v) is 7.27. The van der Waals surface area contributed by atoms with E-state index < -0.39 is 16.4 Å². The van der Waals surface area contributed by atoms with Gasteiger partial charge in [-0.2, -0.15) is 5.26 Å². The Kier molecular flexibility index (Phi) is 12.6. The van der Waals surface area contributed by atoms with Gasteiger partial charge in [0.25, 0.3) is 5.56 Å². The van der Waals surface area contributed by atoms with Gasteiger partial charge in [0.2, 0.25) is 5.88 Å². The second kappa shape index (κ2) is 16.6. The van der Waals surface area contributed by atoms with Gasteiger partial charge in [0.05, 0.1) is 36.3 Å². The van der Waals surface area contributed by atoms with Crippen molar-refractivity contribution in [3.05, 3.63) is 47.3 Å². The van der Waals surface area contributed by atoms with Crippen LogP contribution in [0.15, 0.2) is 41.7 Å². The highest BCUT2D eigenvalue weighted by Crippen LogP contribution is 2.45. The maximum absolute atomic E-state index is 13.2. The molecular weight excluding hydrogens is 719 g/mol. The zero-order chi connectivity index (χ0) is 39.4. The molecule has 292 valence electrons. The van der Waals surface area contributed by atoms with Gasteiger partial charge in [-0.1, -0.05) is 40.4 Å². The first-order valence-electron chi connectivity index (χ1n) is 18.8. The van der Waals surface area contributed by atoms with Gasteiger partial charge in [-0.15, -0.1) is 5.10 Å². The van der Waals surface area contributed by atoms with Crippen molar-refractivity contribution in [1.29, 1.82) is 5.26 Å². The summed E-state index contributed by atoms with van der Waals surface area (Å²) in [6.45, 7) is 24.0. The highest BCUT2D eigenvalue weighted by Gasteiger charge is 2.41. The largest absolute Gasteiger partial charge is 0.490 e. The second-order valence-electron chi connectivity index (χ2n) is 16.7. The molecule has 16 heteroatoms. The normalized spacial score (nSPS) is 16.6. The van der Waals surface area contributed by atoms with Crippen LogP contribution in [0.2, 0.25) is 43.8 Å². The summed E-state index contributed by atoms with van der Waals surface area (Å²) in [5.41, 5.74) is 1.59. The number of nitrogens with one attached hydrogen (secondary N) is 1. The molecule has 4 heterocycles. The van der Waals surface area contributed by atoms with Gasteiger partial charge >= 0.3 is 0 Å². The zero-order valence-electron chi connectivity index (χ0n) is 33.8. The van der Waals surface area contributed by atoms with Crippen molar-refractivity contribution < 1.29 is 18.6 Å². The van der Waals surface area contributed by atoms with Crippen LogP contribution >= 0.6 is 0 Å². The third kappa shape index (κ3) is 10.1. The molecule has 54 heavy (non-hydrogen) atoms. The van der Waals surface area contributed by atoms with Crippen LogP contribution in [0.25, 0.3) is 22.5 Å². The van der Waals surface area contributed by atoms with E-state index in [1.165, 1.54) is 4.68 Å². The fourth-order valence-electron chi connectivity index (χ4n) is 5.45. The number of anilines is 2. The minimum Gasteiger partial charge on any atom is -0.490 e. The predicted octanol–water partition coefficient (Wildman–Crippen LogP) is 7.62. The quantitative estimate of drug-likeness (QED) is 0.0784. The van der Waals surface area contributed by atoms with E-state index >= 15 is 0 Å². The standard InChI is InChI=1S/C38H57N9O5Si2/c1-12-50-36-29(24-47(44-36)31-19-27(31)21-39)28-22-41-34(20-32(28)52-26(2)14-16-51-54(10,11)38(3,4)5)42-33-13-15-40-35(43-33)30-23-46(45(6)37(30)48)25-49-17-18-53(7,8)9/h13,15,20,22-24,26-27,31H,12,14,16-19,25H2,1-11H3,(H,40,41,42,43). The first-order chi connectivity index (χ1) is 25.4. The Hall–Kier alpha value is -4.31. The Bertz CT molecular complexity index is 2010. The summed E-state index contributed by atoms with van der Waals surface area (Å²) in [5.74, 6) is 2.20. The molecule has 0 amide bonds. The minimum absolute atomic E-state index is 0.0100. The molecule has 1 fully saturated rings. The van der Waals surface area contributed by atoms with Crippen LogP contribution in [-0.2, 0) is 22.9 Å². The SMILES string of the molecule is CCOc1nn(C2CC2C#N)cc1-c1cnc(Nc2ccnc(-c3cn(COCC[Si](C)(C)C)n(C)c3=O)n2)cc1OC(C)CCO[Si](C)(C)C(C)(C)C. The lowest BCUT2D eigenvalue weighted by Crippen LogP contribution is -2.41. The Morgan fingerprint density at radius 3 is 2.50 bits per heavy atom. The van der Waals surface area contributed by atoms with Gasteiger partial charge in [-0.05, 0) is 50.5 Å². The van der Waals surface area contributed by atoms with E-state index in [2.05, 4.69) is 74.9 Å². The predicted molar refractivity (Wildman–Crippen MR) is 215 cm³/mol. The number of ether oxygens (including phenoxy) is 3. The average molecular weight is 776 g/mol. The molecule has 1 aliphatic rings. The van der Waals surface area contributed by atoms with Gasteiger partial charge in [-0.3, -0.25) is 18.8 Å². The summed E-state index contributed by atoms with van der Waals surface area (Å²) in [5, 5.41) is 17.6. The molecular formula is C38H57N9O5Si2. The lowest BCUT2D eigenvalue weighted by Gasteiger charge is -2.36. The van der Waals surface area contributed by atoms with Crippen LogP contribution in [0.3, 0.4) is 0 Å². The van der Waals surface area contributed by atoms with Crippen LogP contribution in [0.1, 0.15) is 53.5 Å². The van der Waals surface area contributed by atoms with Crippen LogP contribution in [0.5, 0.6) is 11.6 Å². The number of aromatic nitrogens is 7. The smallest absolute Gasteiger partial charge is 0.277 e. The first-order valence-corrected chi connectivity index (χ1v) is 25.4. The molecule has 5 rings (SSSR count). The minimum atomic E-state index is -1.92. The molecule has 3 atom stereocenters. The third-order valence-corrected chi connectivity index (χ3v) is 16.3. The fraction of sp³-hybridized carbons (Fsp3) is 0.579. The number of hydrogen-bond donors (Lipinski definition) is 1. The van der Waals surface area contributed by atoms with E-state index in [0.29, 0.717) is 60.6 Å². The maximum atomic E-state index is 13.2. The molecule has 1 saturated carbocycles. The van der Waals surface area contributed by atoms with Crippen LogP contribution in [-0.4, -0.2) is 76.4 Å². The monoisotopic (exact) mass is 775 g/mol. The van der Waals surface area contributed by atoms with Crippen LogP contribution in [0, 0.1) is 17.2 Å². The summed E-state index contributed by atoms with van der Waals surface area (Å²) in [6.07, 6.45) is 8.23. The summed E-state index contributed by atoms with van der Waals surface area (Å²) in [7, 11) is -1.45. The number of nitrogens with zero attached hydrogens (tertiary/aromatic N) is 8. The summed E-state index contributed by atoms with van der Waals surface area (Å²) < 4.78 is 30.0. The zero-order valence-corrected chi connectivity index (χ0v) is 35.8. The van der Waals surface area contributed by atoms with Crippen LogP contribution < -0.4 is 20.3 Å². The van der Waals surface area contributed by atoms with Crippen LogP contribution in [0.4, 0.5) is 11.6 Å². The Balaban J connectivity index is 1.40. The highest BCUT2D eigenvalue weighted by molar-refractivity contribution is 6.76. The summed E-state index contributed by atoms with van der Waals surface area (Å²) in [6, 6.07) is 6.94. The van der Waals surface area contributed by atoms with E-state index in [-0.39, 0.29) is 41.2 Å². The number of nitriles is 1. The number of pyridine rings is 1. The van der Waals surface area contributed by atoms with Crippen molar-refractivity contribution in [2.75, 3.05) is 25.1 Å². The van der Waals surface area contributed by atoms with Crippen molar-refractivity contribution in [2.45, 2.75) is 110 Å². The van der Waals surface area contributed by atoms with E-state index in [1.54, 1.807) is 36.4 Å². The topological polar surface area (TPSA) is 156 Å². The van der Waals surface area contributed by atoms with Gasteiger partial charge in [-0.25, -0.2) is 15.0 Å². The summed E-state index contributed by atoms with van der Waals surface area (Å²) >= 11 is 0. The second-order valence-corrected chi connectivity index (χ2v) is 27.2. The van der Waals surface area contributed by atoms with E-state index in [1.807, 2.05) is 30.8 Å². The van der Waals surface area contributed by atoms with Crippen molar-refractivity contribution >= 4 is 28.0 Å².